The number of likely N-dealkylation sites (tertiary alicyclic amines) is 1. The lowest BCUT2D eigenvalue weighted by molar-refractivity contribution is 0.194. The summed E-state index contributed by atoms with van der Waals surface area (Å²) in [6.07, 6.45) is 0.542. The van der Waals surface area contributed by atoms with Crippen molar-refractivity contribution < 1.29 is 19.0 Å². The molecule has 2 aromatic rings. The molecule has 28 heavy (non-hydrogen) atoms. The summed E-state index contributed by atoms with van der Waals surface area (Å²) < 4.78 is 17.9. The Morgan fingerprint density at radius 1 is 1.07 bits per heavy atom. The molecule has 1 saturated heterocycles. The van der Waals surface area contributed by atoms with Crippen molar-refractivity contribution in [2.24, 2.45) is 7.05 Å². The number of methoxy groups -OCH3 is 2. The second-order valence-electron chi connectivity index (χ2n) is 6.74. The monoisotopic (exact) mass is 387 g/mol. The third-order valence-corrected chi connectivity index (χ3v) is 4.81. The number of rotatable bonds is 5. The van der Waals surface area contributed by atoms with E-state index in [0.29, 0.717) is 42.4 Å². The van der Waals surface area contributed by atoms with Gasteiger partial charge in [-0.05, 0) is 13.0 Å². The summed E-state index contributed by atoms with van der Waals surface area (Å²) in [6, 6.07) is 8.27. The van der Waals surface area contributed by atoms with E-state index in [1.54, 1.807) is 48.9 Å². The van der Waals surface area contributed by atoms with Gasteiger partial charge in [0.05, 0.1) is 20.8 Å². The minimum Gasteiger partial charge on any atom is -0.497 e. The van der Waals surface area contributed by atoms with Crippen LogP contribution in [0.5, 0.6) is 17.2 Å². The van der Waals surface area contributed by atoms with Crippen molar-refractivity contribution in [3.63, 3.8) is 0 Å². The molecule has 1 atom stereocenters. The number of pyridine rings is 1. The number of hydrogen-bond acceptors (Lipinski definition) is 5. The average Bonchev–Trinajstić information content (AvgIpc) is 3.14. The van der Waals surface area contributed by atoms with Gasteiger partial charge in [-0.1, -0.05) is 0 Å². The summed E-state index contributed by atoms with van der Waals surface area (Å²) in [4.78, 5) is 26.2. The van der Waals surface area contributed by atoms with Crippen LogP contribution >= 0.6 is 0 Å². The molecular weight excluding hydrogens is 362 g/mol. The van der Waals surface area contributed by atoms with Crippen molar-refractivity contribution in [3.05, 3.63) is 46.4 Å². The van der Waals surface area contributed by atoms with Crippen LogP contribution in [0.25, 0.3) is 0 Å². The van der Waals surface area contributed by atoms with Gasteiger partial charge in [-0.3, -0.25) is 4.79 Å². The number of carbonyl (C=O) groups is 1. The predicted octanol–water partition coefficient (Wildman–Crippen LogP) is 2.40. The molecule has 3 rings (SSSR count). The van der Waals surface area contributed by atoms with Crippen molar-refractivity contribution in [3.8, 4) is 17.2 Å². The molecule has 2 heterocycles. The zero-order valence-corrected chi connectivity index (χ0v) is 16.5. The fraction of sp³-hybridized carbons (Fsp3) is 0.400. The maximum atomic E-state index is 12.6. The molecule has 150 valence electrons. The van der Waals surface area contributed by atoms with Gasteiger partial charge in [-0.15, -0.1) is 0 Å². The highest BCUT2D eigenvalue weighted by Gasteiger charge is 2.28. The number of hydrogen-bond donors (Lipinski definition) is 1. The van der Waals surface area contributed by atoms with E-state index in [2.05, 4.69) is 5.32 Å². The maximum Gasteiger partial charge on any atom is 0.321 e. The number of nitrogens with zero attached hydrogens (tertiary/aromatic N) is 2. The third kappa shape index (κ3) is 4.39. The summed E-state index contributed by atoms with van der Waals surface area (Å²) in [6.45, 7) is 2.87. The van der Waals surface area contributed by atoms with Crippen LogP contribution in [-0.2, 0) is 7.05 Å². The van der Waals surface area contributed by atoms with E-state index < -0.39 is 0 Å². The summed E-state index contributed by atoms with van der Waals surface area (Å²) in [5.41, 5.74) is 1.30. The Morgan fingerprint density at radius 3 is 2.36 bits per heavy atom. The molecule has 1 aromatic carbocycles. The Hall–Kier alpha value is -3.16. The van der Waals surface area contributed by atoms with Crippen molar-refractivity contribution in [2.75, 3.05) is 32.6 Å². The van der Waals surface area contributed by atoms with Gasteiger partial charge < -0.3 is 29.0 Å². The Morgan fingerprint density at radius 2 is 1.75 bits per heavy atom. The summed E-state index contributed by atoms with van der Waals surface area (Å²) >= 11 is 0. The Balaban J connectivity index is 1.62. The average molecular weight is 387 g/mol. The molecule has 8 heteroatoms. The fourth-order valence-corrected chi connectivity index (χ4v) is 3.09. The first-order chi connectivity index (χ1) is 13.4. The van der Waals surface area contributed by atoms with Crippen molar-refractivity contribution >= 4 is 11.7 Å². The van der Waals surface area contributed by atoms with Gasteiger partial charge in [0.2, 0.25) is 0 Å². The SMILES string of the molecule is COc1cc(NC(=O)N2CCC(Oc3cc(C)n(C)c(=O)c3)C2)cc(OC)c1. The highest BCUT2D eigenvalue weighted by Crippen LogP contribution is 2.26. The van der Waals surface area contributed by atoms with Crippen LogP contribution in [0, 0.1) is 6.92 Å². The van der Waals surface area contributed by atoms with E-state index in [-0.39, 0.29) is 17.7 Å². The topological polar surface area (TPSA) is 82.0 Å². The molecule has 1 aliphatic rings. The van der Waals surface area contributed by atoms with E-state index >= 15 is 0 Å². The van der Waals surface area contributed by atoms with E-state index in [9.17, 15) is 9.59 Å². The molecule has 2 amide bonds. The van der Waals surface area contributed by atoms with E-state index in [1.807, 2.05) is 13.0 Å². The van der Waals surface area contributed by atoms with Crippen LogP contribution in [0.4, 0.5) is 10.5 Å². The number of aryl methyl sites for hydroxylation is 1. The number of amides is 2. The Labute approximate surface area is 163 Å². The molecule has 1 fully saturated rings. The molecule has 1 aliphatic heterocycles. The molecule has 0 aliphatic carbocycles. The number of carbonyl (C=O) groups excluding carboxylic acids is 1. The third-order valence-electron chi connectivity index (χ3n) is 4.81. The molecule has 0 saturated carbocycles. The van der Waals surface area contributed by atoms with Crippen molar-refractivity contribution in [2.45, 2.75) is 19.4 Å². The summed E-state index contributed by atoms with van der Waals surface area (Å²) in [5.74, 6) is 1.72. The standard InChI is InChI=1S/C20H25N3O5/c1-13-7-18(11-19(24)22(13)2)28-15-5-6-23(12-15)20(25)21-14-8-16(26-3)10-17(9-14)27-4/h7-11,15H,5-6,12H2,1-4H3,(H,21,25). The minimum absolute atomic E-state index is 0.116. The van der Waals surface area contributed by atoms with E-state index in [0.717, 1.165) is 5.69 Å². The zero-order valence-electron chi connectivity index (χ0n) is 16.5. The van der Waals surface area contributed by atoms with Crippen LogP contribution < -0.4 is 25.1 Å². The zero-order chi connectivity index (χ0) is 20.3. The van der Waals surface area contributed by atoms with Crippen LogP contribution in [0.1, 0.15) is 12.1 Å². The molecule has 1 aromatic heterocycles. The van der Waals surface area contributed by atoms with Gasteiger partial charge in [0.1, 0.15) is 23.4 Å². The molecule has 8 nitrogen and oxygen atoms in total. The van der Waals surface area contributed by atoms with Crippen molar-refractivity contribution in [1.82, 2.24) is 9.47 Å². The first-order valence-electron chi connectivity index (χ1n) is 9.03. The van der Waals surface area contributed by atoms with E-state index in [1.165, 1.54) is 6.07 Å². The van der Waals surface area contributed by atoms with Gasteiger partial charge in [-0.25, -0.2) is 4.79 Å². The highest BCUT2D eigenvalue weighted by molar-refractivity contribution is 5.90. The largest absolute Gasteiger partial charge is 0.497 e. The molecular formula is C20H25N3O5. The first kappa shape index (κ1) is 19.6. The second-order valence-corrected chi connectivity index (χ2v) is 6.74. The van der Waals surface area contributed by atoms with Gasteiger partial charge in [0.25, 0.3) is 5.56 Å². The van der Waals surface area contributed by atoms with Gasteiger partial charge in [-0.2, -0.15) is 0 Å². The lowest BCUT2D eigenvalue weighted by atomic mass is 10.3. The molecule has 0 spiro atoms. The normalized spacial score (nSPS) is 16.0. The van der Waals surface area contributed by atoms with Gasteiger partial charge >= 0.3 is 6.03 Å². The van der Waals surface area contributed by atoms with Gasteiger partial charge in [0.15, 0.2) is 0 Å². The second kappa shape index (κ2) is 8.24. The smallest absolute Gasteiger partial charge is 0.321 e. The molecule has 1 unspecified atom stereocenters. The number of aromatic nitrogens is 1. The van der Waals surface area contributed by atoms with Crippen LogP contribution in [0.3, 0.4) is 0 Å². The number of ether oxygens (including phenoxy) is 3. The Kier molecular flexibility index (Phi) is 5.77. The minimum atomic E-state index is -0.221. The van der Waals surface area contributed by atoms with Crippen LogP contribution in [0.2, 0.25) is 0 Å². The predicted molar refractivity (Wildman–Crippen MR) is 106 cm³/mol. The Bertz CT molecular complexity index is 902. The lowest BCUT2D eigenvalue weighted by Crippen LogP contribution is -2.34. The molecule has 1 N–H and O–H groups in total. The van der Waals surface area contributed by atoms with E-state index in [4.69, 9.17) is 14.2 Å². The maximum absolute atomic E-state index is 12.6. The van der Waals surface area contributed by atoms with Gasteiger partial charge in [0, 0.05) is 55.7 Å². The van der Waals surface area contributed by atoms with Crippen LogP contribution in [-0.4, -0.2) is 48.9 Å². The van der Waals surface area contributed by atoms with Crippen molar-refractivity contribution in [1.29, 1.82) is 0 Å². The lowest BCUT2D eigenvalue weighted by Gasteiger charge is -2.19. The fourth-order valence-electron chi connectivity index (χ4n) is 3.09. The highest BCUT2D eigenvalue weighted by atomic mass is 16.5. The molecule has 0 bridgehead atoms. The summed E-state index contributed by atoms with van der Waals surface area (Å²) in [7, 11) is 4.83. The quantitative estimate of drug-likeness (QED) is 0.852. The number of nitrogens with one attached hydrogen (secondary N) is 1. The van der Waals surface area contributed by atoms with Crippen LogP contribution in [0.15, 0.2) is 35.1 Å². The number of urea groups is 1. The number of benzene rings is 1. The molecule has 0 radical (unpaired) electrons. The number of anilines is 1. The first-order valence-corrected chi connectivity index (χ1v) is 9.03. The summed E-state index contributed by atoms with van der Waals surface area (Å²) in [5, 5.41) is 2.86.